The summed E-state index contributed by atoms with van der Waals surface area (Å²) in [5.41, 5.74) is 1.12. The molecular weight excluding hydrogens is 387 g/mol. The highest BCUT2D eigenvalue weighted by Crippen LogP contribution is 2.43. The summed E-state index contributed by atoms with van der Waals surface area (Å²) in [4.78, 5) is 23.7. The highest BCUT2D eigenvalue weighted by Gasteiger charge is 2.42. The average Bonchev–Trinajstić information content (AvgIpc) is 2.54. The molecule has 134 valence electrons. The van der Waals surface area contributed by atoms with Crippen molar-refractivity contribution in [2.75, 3.05) is 12.4 Å². The standard InChI is InChI=1S/C16H16Cl2N2O4S/c1-8-12(16(21)24-6-7-25)13(15(20(22)23)9(2)19-8)10-4-3-5-11(17)14(10)18/h3-5,13,19,25H,6-7H2,1-2H3. The number of thiol groups is 1. The maximum Gasteiger partial charge on any atom is 0.337 e. The van der Waals surface area contributed by atoms with Crippen molar-refractivity contribution in [2.24, 2.45) is 0 Å². The Morgan fingerprint density at radius 3 is 2.64 bits per heavy atom. The molecule has 1 atom stereocenters. The molecule has 1 N–H and O–H groups in total. The van der Waals surface area contributed by atoms with Crippen LogP contribution in [0.15, 0.2) is 40.9 Å². The molecule has 1 aliphatic rings. The van der Waals surface area contributed by atoms with Crippen LogP contribution in [0.1, 0.15) is 25.3 Å². The van der Waals surface area contributed by atoms with Gasteiger partial charge in [0.25, 0.3) is 5.70 Å². The first kappa shape index (κ1) is 19.6. The van der Waals surface area contributed by atoms with Crippen LogP contribution < -0.4 is 5.32 Å². The fourth-order valence-electron chi connectivity index (χ4n) is 2.76. The van der Waals surface area contributed by atoms with Crippen LogP contribution in [0.4, 0.5) is 0 Å². The molecule has 0 aliphatic carbocycles. The van der Waals surface area contributed by atoms with E-state index in [0.29, 0.717) is 22.7 Å². The number of nitro groups is 1. The van der Waals surface area contributed by atoms with Gasteiger partial charge in [-0.3, -0.25) is 10.1 Å². The van der Waals surface area contributed by atoms with Gasteiger partial charge < -0.3 is 10.1 Å². The molecule has 6 nitrogen and oxygen atoms in total. The number of nitrogens with zero attached hydrogens (tertiary/aromatic N) is 1. The van der Waals surface area contributed by atoms with Crippen molar-refractivity contribution in [1.82, 2.24) is 5.32 Å². The lowest BCUT2D eigenvalue weighted by Gasteiger charge is -2.27. The summed E-state index contributed by atoms with van der Waals surface area (Å²) in [7, 11) is 0. The number of nitrogens with one attached hydrogen (secondary N) is 1. The van der Waals surface area contributed by atoms with Crippen molar-refractivity contribution < 1.29 is 14.5 Å². The van der Waals surface area contributed by atoms with E-state index in [1.807, 2.05) is 0 Å². The van der Waals surface area contributed by atoms with Gasteiger partial charge in [-0.1, -0.05) is 35.3 Å². The van der Waals surface area contributed by atoms with Gasteiger partial charge in [-0.05, 0) is 25.5 Å². The van der Waals surface area contributed by atoms with Gasteiger partial charge in [0.1, 0.15) is 12.5 Å². The van der Waals surface area contributed by atoms with Gasteiger partial charge in [-0.15, -0.1) is 0 Å². The maximum absolute atomic E-state index is 12.5. The zero-order valence-electron chi connectivity index (χ0n) is 13.5. The molecule has 9 heteroatoms. The Morgan fingerprint density at radius 2 is 2.04 bits per heavy atom. The third-order valence-electron chi connectivity index (χ3n) is 3.76. The Balaban J connectivity index is 2.67. The molecule has 1 unspecified atom stereocenters. The number of allylic oxidation sites excluding steroid dienone is 3. The van der Waals surface area contributed by atoms with E-state index in [0.717, 1.165) is 0 Å². The van der Waals surface area contributed by atoms with E-state index >= 15 is 0 Å². The number of benzene rings is 1. The fraction of sp³-hybridized carbons (Fsp3) is 0.312. The summed E-state index contributed by atoms with van der Waals surface area (Å²) in [5, 5.41) is 15.0. The lowest BCUT2D eigenvalue weighted by Crippen LogP contribution is -2.32. The van der Waals surface area contributed by atoms with Crippen LogP contribution in [0.25, 0.3) is 0 Å². The van der Waals surface area contributed by atoms with E-state index in [2.05, 4.69) is 17.9 Å². The normalized spacial score (nSPS) is 17.4. The predicted molar refractivity (Wildman–Crippen MR) is 99.5 cm³/mol. The lowest BCUT2D eigenvalue weighted by atomic mass is 9.84. The number of hydrogen-bond donors (Lipinski definition) is 2. The van der Waals surface area contributed by atoms with E-state index in [-0.39, 0.29) is 27.9 Å². The van der Waals surface area contributed by atoms with Crippen LogP contribution in [0.3, 0.4) is 0 Å². The van der Waals surface area contributed by atoms with Crippen LogP contribution in [-0.2, 0) is 9.53 Å². The topological polar surface area (TPSA) is 81.5 Å². The predicted octanol–water partition coefficient (Wildman–Crippen LogP) is 3.94. The van der Waals surface area contributed by atoms with Crippen LogP contribution in [0.2, 0.25) is 10.0 Å². The molecule has 0 bridgehead atoms. The van der Waals surface area contributed by atoms with E-state index in [1.54, 1.807) is 32.0 Å². The SMILES string of the molecule is CC1=C(C(=O)OCCS)C(c2cccc(Cl)c2Cl)C([N+](=O)[O-])=C(C)N1. The fourth-order valence-corrected chi connectivity index (χ4v) is 3.27. The summed E-state index contributed by atoms with van der Waals surface area (Å²) in [5.74, 6) is -1.31. The Morgan fingerprint density at radius 1 is 1.36 bits per heavy atom. The molecule has 0 aromatic heterocycles. The highest BCUT2D eigenvalue weighted by atomic mass is 35.5. The second-order valence-electron chi connectivity index (χ2n) is 5.37. The minimum atomic E-state index is -0.991. The van der Waals surface area contributed by atoms with Crippen molar-refractivity contribution in [2.45, 2.75) is 19.8 Å². The Hall–Kier alpha value is -1.70. The molecule has 0 saturated heterocycles. The molecule has 0 saturated carbocycles. The monoisotopic (exact) mass is 402 g/mol. The zero-order valence-corrected chi connectivity index (χ0v) is 15.9. The first-order chi connectivity index (χ1) is 11.8. The highest BCUT2D eigenvalue weighted by molar-refractivity contribution is 7.80. The molecule has 0 amide bonds. The number of carbonyl (C=O) groups is 1. The van der Waals surface area contributed by atoms with E-state index in [9.17, 15) is 14.9 Å². The molecular formula is C16H16Cl2N2O4S. The second kappa shape index (κ2) is 8.12. The Bertz CT molecular complexity index is 792. The second-order valence-corrected chi connectivity index (χ2v) is 6.60. The quantitative estimate of drug-likeness (QED) is 0.337. The molecule has 1 heterocycles. The number of halogens is 2. The van der Waals surface area contributed by atoms with Gasteiger partial charge in [0, 0.05) is 11.4 Å². The summed E-state index contributed by atoms with van der Waals surface area (Å²) in [6.45, 7) is 3.32. The van der Waals surface area contributed by atoms with Gasteiger partial charge >= 0.3 is 5.97 Å². The first-order valence-corrected chi connectivity index (χ1v) is 8.73. The van der Waals surface area contributed by atoms with E-state index < -0.39 is 16.8 Å². The summed E-state index contributed by atoms with van der Waals surface area (Å²) >= 11 is 16.4. The van der Waals surface area contributed by atoms with E-state index in [4.69, 9.17) is 27.9 Å². The number of rotatable bonds is 5. The van der Waals surface area contributed by atoms with E-state index in [1.165, 1.54) is 0 Å². The van der Waals surface area contributed by atoms with Gasteiger partial charge in [0.2, 0.25) is 0 Å². The summed E-state index contributed by atoms with van der Waals surface area (Å²) in [6, 6.07) is 4.82. The number of esters is 1. The van der Waals surface area contributed by atoms with Gasteiger partial charge in [-0.2, -0.15) is 12.6 Å². The molecule has 2 rings (SSSR count). The first-order valence-electron chi connectivity index (χ1n) is 7.34. The zero-order chi connectivity index (χ0) is 18.7. The molecule has 1 aromatic carbocycles. The van der Waals surface area contributed by atoms with Crippen molar-refractivity contribution in [1.29, 1.82) is 0 Å². The van der Waals surface area contributed by atoms with Crippen molar-refractivity contribution >= 4 is 41.8 Å². The molecule has 25 heavy (non-hydrogen) atoms. The molecule has 0 fully saturated rings. The number of dihydropyridines is 1. The lowest BCUT2D eigenvalue weighted by molar-refractivity contribution is -0.431. The van der Waals surface area contributed by atoms with Gasteiger partial charge in [0.05, 0.1) is 26.2 Å². The number of ether oxygens (including phenoxy) is 1. The van der Waals surface area contributed by atoms with Crippen LogP contribution in [0.5, 0.6) is 0 Å². The van der Waals surface area contributed by atoms with Gasteiger partial charge in [0.15, 0.2) is 0 Å². The van der Waals surface area contributed by atoms with Crippen LogP contribution in [0, 0.1) is 10.1 Å². The summed E-state index contributed by atoms with van der Waals surface area (Å²) < 4.78 is 5.15. The van der Waals surface area contributed by atoms with Crippen molar-refractivity contribution in [3.63, 3.8) is 0 Å². The molecule has 1 aromatic rings. The largest absolute Gasteiger partial charge is 0.461 e. The van der Waals surface area contributed by atoms with Crippen LogP contribution in [-0.4, -0.2) is 23.3 Å². The summed E-state index contributed by atoms with van der Waals surface area (Å²) in [6.07, 6.45) is 0. The minimum absolute atomic E-state index is 0.0885. The van der Waals surface area contributed by atoms with Crippen molar-refractivity contribution in [3.8, 4) is 0 Å². The Labute approximate surface area is 160 Å². The Kier molecular flexibility index (Phi) is 6.37. The number of hydrogen-bond acceptors (Lipinski definition) is 6. The molecule has 0 spiro atoms. The van der Waals surface area contributed by atoms with Gasteiger partial charge in [-0.25, -0.2) is 4.79 Å². The molecule has 0 radical (unpaired) electrons. The smallest absolute Gasteiger partial charge is 0.337 e. The number of carbonyl (C=O) groups excluding carboxylic acids is 1. The van der Waals surface area contributed by atoms with Crippen LogP contribution >= 0.6 is 35.8 Å². The third-order valence-corrected chi connectivity index (χ3v) is 4.77. The average molecular weight is 403 g/mol. The molecule has 1 aliphatic heterocycles. The third kappa shape index (κ3) is 3.94. The van der Waals surface area contributed by atoms with Crippen molar-refractivity contribution in [3.05, 3.63) is 66.6 Å². The minimum Gasteiger partial charge on any atom is -0.461 e. The maximum atomic E-state index is 12.5.